The molecule has 0 aromatic heterocycles. The highest BCUT2D eigenvalue weighted by Crippen LogP contribution is 2.11. The van der Waals surface area contributed by atoms with Crippen LogP contribution < -0.4 is 15.8 Å². The summed E-state index contributed by atoms with van der Waals surface area (Å²) in [6.07, 6.45) is 0. The van der Waals surface area contributed by atoms with Gasteiger partial charge in [-0.15, -0.1) is 0 Å². The van der Waals surface area contributed by atoms with Gasteiger partial charge in [-0.1, -0.05) is 24.4 Å². The summed E-state index contributed by atoms with van der Waals surface area (Å²) in [7, 11) is 0. The summed E-state index contributed by atoms with van der Waals surface area (Å²) in [6, 6.07) is 7.49. The summed E-state index contributed by atoms with van der Waals surface area (Å²) >= 11 is 4.63. The van der Waals surface area contributed by atoms with Crippen LogP contribution in [0.2, 0.25) is 0 Å². The summed E-state index contributed by atoms with van der Waals surface area (Å²) in [5.74, 6) is 0.430. The highest BCUT2D eigenvalue weighted by Gasteiger charge is 2.02. The molecule has 0 heterocycles. The molecule has 0 spiro atoms. The minimum absolute atomic E-state index is 0.0356. The molecule has 1 rings (SSSR count). The van der Waals surface area contributed by atoms with Crippen molar-refractivity contribution in [3.8, 4) is 5.75 Å². The molecule has 1 aromatic rings. The molecule has 0 radical (unpaired) electrons. The number of hydrogen-bond donors (Lipinski definition) is 2. The Bertz CT molecular complexity index is 393. The average Bonchev–Trinajstić information content (AvgIpc) is 2.23. The fraction of sp³-hybridized carbons (Fsp3) is 0.273. The Morgan fingerprint density at radius 1 is 1.56 bits per heavy atom. The average molecular weight is 238 g/mol. The molecular formula is C11H14N2O2S. The quantitative estimate of drug-likeness (QED) is 0.744. The van der Waals surface area contributed by atoms with Crippen LogP contribution in [0.3, 0.4) is 0 Å². The third kappa shape index (κ3) is 4.75. The summed E-state index contributed by atoms with van der Waals surface area (Å²) in [6.45, 7) is 2.12. The van der Waals surface area contributed by atoms with Gasteiger partial charge in [0.05, 0.1) is 11.5 Å². The van der Waals surface area contributed by atoms with E-state index >= 15 is 0 Å². The Morgan fingerprint density at radius 3 is 2.94 bits per heavy atom. The van der Waals surface area contributed by atoms with Crippen molar-refractivity contribution in [3.63, 3.8) is 0 Å². The van der Waals surface area contributed by atoms with E-state index in [4.69, 9.17) is 10.5 Å². The first kappa shape index (κ1) is 12.4. The lowest BCUT2D eigenvalue weighted by atomic mass is 10.2. The molecule has 16 heavy (non-hydrogen) atoms. The molecule has 1 aromatic carbocycles. The Morgan fingerprint density at radius 2 is 2.31 bits per heavy atom. The van der Waals surface area contributed by atoms with Crippen LogP contribution in [0.5, 0.6) is 5.75 Å². The zero-order chi connectivity index (χ0) is 12.0. The van der Waals surface area contributed by atoms with Crippen LogP contribution in [0.1, 0.15) is 5.56 Å². The van der Waals surface area contributed by atoms with Gasteiger partial charge in [-0.05, 0) is 24.6 Å². The number of carbonyl (C=O) groups is 1. The van der Waals surface area contributed by atoms with Crippen molar-refractivity contribution in [2.75, 3.05) is 13.2 Å². The monoisotopic (exact) mass is 238 g/mol. The van der Waals surface area contributed by atoms with Crippen molar-refractivity contribution in [1.82, 2.24) is 5.32 Å². The summed E-state index contributed by atoms with van der Waals surface area (Å²) in [4.78, 5) is 11.5. The number of nitrogens with one attached hydrogen (secondary N) is 1. The van der Waals surface area contributed by atoms with Gasteiger partial charge in [0, 0.05) is 0 Å². The lowest BCUT2D eigenvalue weighted by molar-refractivity contribution is -0.122. The van der Waals surface area contributed by atoms with E-state index in [-0.39, 0.29) is 24.0 Å². The maximum absolute atomic E-state index is 11.3. The van der Waals surface area contributed by atoms with E-state index in [0.717, 1.165) is 5.56 Å². The molecular weight excluding hydrogens is 224 g/mol. The van der Waals surface area contributed by atoms with Gasteiger partial charge in [0.1, 0.15) is 5.75 Å². The molecule has 0 aliphatic heterocycles. The maximum Gasteiger partial charge on any atom is 0.258 e. The van der Waals surface area contributed by atoms with Crippen molar-refractivity contribution in [2.24, 2.45) is 5.73 Å². The molecule has 5 heteroatoms. The smallest absolute Gasteiger partial charge is 0.258 e. The standard InChI is InChI=1S/C11H14N2O2S/c1-8-3-2-4-9(5-8)15-7-11(14)13-6-10(12)16/h2-5H,6-7H2,1H3,(H2,12,16)(H,13,14). The first-order valence-corrected chi connectivity index (χ1v) is 5.23. The number of ether oxygens (including phenoxy) is 1. The van der Waals surface area contributed by atoms with Gasteiger partial charge in [0.2, 0.25) is 0 Å². The molecule has 0 saturated heterocycles. The number of carbonyl (C=O) groups excluding carboxylic acids is 1. The van der Waals surface area contributed by atoms with Crippen LogP contribution in [0.4, 0.5) is 0 Å². The van der Waals surface area contributed by atoms with Crippen molar-refractivity contribution >= 4 is 23.1 Å². The lowest BCUT2D eigenvalue weighted by Gasteiger charge is -2.07. The minimum atomic E-state index is -0.241. The number of benzene rings is 1. The minimum Gasteiger partial charge on any atom is -0.484 e. The predicted octanol–water partition coefficient (Wildman–Crippen LogP) is 0.776. The van der Waals surface area contributed by atoms with E-state index in [2.05, 4.69) is 17.5 Å². The number of amides is 1. The van der Waals surface area contributed by atoms with Gasteiger partial charge in [-0.25, -0.2) is 0 Å². The summed E-state index contributed by atoms with van der Waals surface area (Å²) < 4.78 is 5.28. The van der Waals surface area contributed by atoms with Gasteiger partial charge < -0.3 is 15.8 Å². The van der Waals surface area contributed by atoms with Crippen LogP contribution >= 0.6 is 12.2 Å². The van der Waals surface area contributed by atoms with E-state index in [1.807, 2.05) is 25.1 Å². The highest BCUT2D eigenvalue weighted by atomic mass is 32.1. The fourth-order valence-electron chi connectivity index (χ4n) is 1.09. The second-order valence-corrected chi connectivity index (χ2v) is 3.87. The lowest BCUT2D eigenvalue weighted by Crippen LogP contribution is -2.35. The number of rotatable bonds is 5. The molecule has 0 atom stereocenters. The molecule has 4 nitrogen and oxygen atoms in total. The van der Waals surface area contributed by atoms with Crippen LogP contribution in [-0.2, 0) is 4.79 Å². The van der Waals surface area contributed by atoms with Crippen LogP contribution in [0, 0.1) is 6.92 Å². The van der Waals surface area contributed by atoms with Crippen LogP contribution in [-0.4, -0.2) is 24.0 Å². The van der Waals surface area contributed by atoms with Crippen LogP contribution in [0.15, 0.2) is 24.3 Å². The van der Waals surface area contributed by atoms with Gasteiger partial charge in [-0.3, -0.25) is 4.79 Å². The Hall–Kier alpha value is -1.62. The fourth-order valence-corrected chi connectivity index (χ4v) is 1.16. The summed E-state index contributed by atoms with van der Waals surface area (Å²) in [5.41, 5.74) is 6.33. The van der Waals surface area contributed by atoms with E-state index in [9.17, 15) is 4.79 Å². The molecule has 3 N–H and O–H groups in total. The molecule has 0 aliphatic carbocycles. The Balaban J connectivity index is 2.34. The van der Waals surface area contributed by atoms with Gasteiger partial charge >= 0.3 is 0 Å². The molecule has 0 fully saturated rings. The van der Waals surface area contributed by atoms with Crippen molar-refractivity contribution < 1.29 is 9.53 Å². The van der Waals surface area contributed by atoms with Gasteiger partial charge in [-0.2, -0.15) is 0 Å². The number of hydrogen-bond acceptors (Lipinski definition) is 3. The highest BCUT2D eigenvalue weighted by molar-refractivity contribution is 7.80. The Kier molecular flexibility index (Phi) is 4.72. The normalized spacial score (nSPS) is 9.56. The van der Waals surface area contributed by atoms with Crippen molar-refractivity contribution in [2.45, 2.75) is 6.92 Å². The topological polar surface area (TPSA) is 64.3 Å². The second kappa shape index (κ2) is 6.07. The predicted molar refractivity (Wildman–Crippen MR) is 66.5 cm³/mol. The van der Waals surface area contributed by atoms with Crippen LogP contribution in [0.25, 0.3) is 0 Å². The first-order valence-electron chi connectivity index (χ1n) is 4.82. The molecule has 0 unspecified atom stereocenters. The third-order valence-corrected chi connectivity index (χ3v) is 1.96. The zero-order valence-electron chi connectivity index (χ0n) is 9.03. The number of thiocarbonyl (C=S) groups is 1. The maximum atomic E-state index is 11.3. The molecule has 86 valence electrons. The second-order valence-electron chi connectivity index (χ2n) is 3.35. The van der Waals surface area contributed by atoms with Crippen molar-refractivity contribution in [1.29, 1.82) is 0 Å². The van der Waals surface area contributed by atoms with Crippen molar-refractivity contribution in [3.05, 3.63) is 29.8 Å². The number of aryl methyl sites for hydroxylation is 1. The van der Waals surface area contributed by atoms with Gasteiger partial charge in [0.25, 0.3) is 5.91 Å². The SMILES string of the molecule is Cc1cccc(OCC(=O)NCC(N)=S)c1. The van der Waals surface area contributed by atoms with E-state index in [1.165, 1.54) is 0 Å². The molecule has 0 saturated carbocycles. The molecule has 0 aliphatic rings. The Labute approximate surface area is 99.8 Å². The third-order valence-electron chi connectivity index (χ3n) is 1.82. The first-order chi connectivity index (χ1) is 7.58. The van der Waals surface area contributed by atoms with Gasteiger partial charge in [0.15, 0.2) is 6.61 Å². The molecule has 0 bridgehead atoms. The summed E-state index contributed by atoms with van der Waals surface area (Å²) in [5, 5.41) is 2.54. The largest absolute Gasteiger partial charge is 0.484 e. The van der Waals surface area contributed by atoms with E-state index < -0.39 is 0 Å². The van der Waals surface area contributed by atoms with E-state index in [1.54, 1.807) is 6.07 Å². The molecule has 1 amide bonds. The van der Waals surface area contributed by atoms with E-state index in [0.29, 0.717) is 5.75 Å². The number of nitrogens with two attached hydrogens (primary N) is 1. The zero-order valence-corrected chi connectivity index (χ0v) is 9.84.